The lowest BCUT2D eigenvalue weighted by molar-refractivity contribution is 0.0668. The molecule has 1 fully saturated rings. The molecule has 182 valence electrons. The maximum Gasteiger partial charge on any atom is 0.153 e. The number of rotatable bonds is 7. The van der Waals surface area contributed by atoms with Crippen molar-refractivity contribution < 1.29 is 28.5 Å². The SMILES string of the molecule is CC1=C(c2cccc(O)c2)C(c2ccc(OCCN3CC(CF)C3)cc2F)Oc2ccc(O)cc21. The van der Waals surface area contributed by atoms with E-state index in [0.717, 1.165) is 18.7 Å². The lowest BCUT2D eigenvalue weighted by atomic mass is 9.86. The number of ether oxygens (including phenoxy) is 2. The molecule has 1 saturated heterocycles. The van der Waals surface area contributed by atoms with Gasteiger partial charge in [-0.2, -0.15) is 0 Å². The number of likely N-dealkylation sites (tertiary alicyclic amines) is 1. The molecule has 1 unspecified atom stereocenters. The number of phenols is 2. The summed E-state index contributed by atoms with van der Waals surface area (Å²) >= 11 is 0. The lowest BCUT2D eigenvalue weighted by Gasteiger charge is -2.37. The molecule has 0 aliphatic carbocycles. The van der Waals surface area contributed by atoms with E-state index in [0.29, 0.717) is 46.9 Å². The van der Waals surface area contributed by atoms with Gasteiger partial charge in [-0.1, -0.05) is 12.1 Å². The molecule has 5 rings (SSSR count). The number of benzene rings is 3. The molecule has 5 nitrogen and oxygen atoms in total. The molecule has 0 aromatic heterocycles. The second-order valence-corrected chi connectivity index (χ2v) is 9.08. The Labute approximate surface area is 202 Å². The fraction of sp³-hybridized carbons (Fsp3) is 0.286. The Hall–Kier alpha value is -3.58. The molecule has 2 aliphatic heterocycles. The first-order chi connectivity index (χ1) is 16.9. The summed E-state index contributed by atoms with van der Waals surface area (Å²) in [5.41, 5.74) is 3.26. The van der Waals surface area contributed by atoms with Crippen LogP contribution in [0.5, 0.6) is 23.0 Å². The molecule has 2 N–H and O–H groups in total. The van der Waals surface area contributed by atoms with Crippen LogP contribution in [0.2, 0.25) is 0 Å². The van der Waals surface area contributed by atoms with Crippen molar-refractivity contribution in [2.75, 3.05) is 32.9 Å². The molecule has 35 heavy (non-hydrogen) atoms. The summed E-state index contributed by atoms with van der Waals surface area (Å²) in [6.07, 6.45) is -0.762. The smallest absolute Gasteiger partial charge is 0.153 e. The van der Waals surface area contributed by atoms with Crippen LogP contribution in [0.1, 0.15) is 29.7 Å². The second-order valence-electron chi connectivity index (χ2n) is 9.08. The van der Waals surface area contributed by atoms with E-state index in [1.165, 1.54) is 12.1 Å². The zero-order valence-corrected chi connectivity index (χ0v) is 19.4. The van der Waals surface area contributed by atoms with Crippen LogP contribution in [-0.4, -0.2) is 48.0 Å². The number of fused-ring (bicyclic) bond motifs is 1. The van der Waals surface area contributed by atoms with Crippen molar-refractivity contribution in [2.45, 2.75) is 13.0 Å². The topological polar surface area (TPSA) is 62.2 Å². The highest BCUT2D eigenvalue weighted by Crippen LogP contribution is 2.48. The third-order valence-electron chi connectivity index (χ3n) is 6.62. The predicted molar refractivity (Wildman–Crippen MR) is 130 cm³/mol. The van der Waals surface area contributed by atoms with Gasteiger partial charge in [-0.05, 0) is 60.5 Å². The van der Waals surface area contributed by atoms with E-state index in [9.17, 15) is 14.6 Å². The predicted octanol–water partition coefficient (Wildman–Crippen LogP) is 5.58. The van der Waals surface area contributed by atoms with Gasteiger partial charge in [-0.25, -0.2) is 4.39 Å². The zero-order chi connectivity index (χ0) is 24.5. The van der Waals surface area contributed by atoms with Crippen molar-refractivity contribution in [2.24, 2.45) is 5.92 Å². The number of allylic oxidation sites excluding steroid dienone is 1. The first kappa shape index (κ1) is 23.2. The quantitative estimate of drug-likeness (QED) is 0.463. The van der Waals surface area contributed by atoms with Gasteiger partial charge in [0.2, 0.25) is 0 Å². The third-order valence-corrected chi connectivity index (χ3v) is 6.62. The molecule has 0 radical (unpaired) electrons. The maximum atomic E-state index is 15.4. The van der Waals surface area contributed by atoms with E-state index in [1.54, 1.807) is 42.5 Å². The molecule has 2 heterocycles. The van der Waals surface area contributed by atoms with E-state index in [1.807, 2.05) is 13.0 Å². The van der Waals surface area contributed by atoms with E-state index < -0.39 is 11.9 Å². The van der Waals surface area contributed by atoms with Crippen LogP contribution < -0.4 is 9.47 Å². The van der Waals surface area contributed by atoms with Crippen molar-refractivity contribution in [3.63, 3.8) is 0 Å². The normalized spacial score (nSPS) is 18.1. The van der Waals surface area contributed by atoms with Crippen molar-refractivity contribution in [1.29, 1.82) is 0 Å². The van der Waals surface area contributed by atoms with Crippen molar-refractivity contribution in [3.05, 3.63) is 83.2 Å². The maximum absolute atomic E-state index is 15.4. The van der Waals surface area contributed by atoms with Crippen LogP contribution in [0, 0.1) is 11.7 Å². The first-order valence-corrected chi connectivity index (χ1v) is 11.6. The van der Waals surface area contributed by atoms with Crippen LogP contribution in [0.25, 0.3) is 11.1 Å². The zero-order valence-electron chi connectivity index (χ0n) is 19.4. The van der Waals surface area contributed by atoms with Crippen LogP contribution in [-0.2, 0) is 0 Å². The van der Waals surface area contributed by atoms with Gasteiger partial charge in [0, 0.05) is 48.3 Å². The van der Waals surface area contributed by atoms with Gasteiger partial charge in [0.15, 0.2) is 6.10 Å². The minimum absolute atomic E-state index is 0.0903. The minimum atomic E-state index is -0.762. The third kappa shape index (κ3) is 4.68. The molecule has 0 spiro atoms. The largest absolute Gasteiger partial charge is 0.508 e. The lowest BCUT2D eigenvalue weighted by Crippen LogP contribution is -2.49. The molecule has 0 amide bonds. The van der Waals surface area contributed by atoms with Gasteiger partial charge >= 0.3 is 0 Å². The number of nitrogens with zero attached hydrogens (tertiary/aromatic N) is 1. The Morgan fingerprint density at radius 3 is 2.57 bits per heavy atom. The van der Waals surface area contributed by atoms with Gasteiger partial charge in [-0.3, -0.25) is 9.29 Å². The van der Waals surface area contributed by atoms with Crippen molar-refractivity contribution >= 4 is 11.1 Å². The number of hydrogen-bond donors (Lipinski definition) is 2. The highest BCUT2D eigenvalue weighted by atomic mass is 19.1. The number of phenolic OH excluding ortho intramolecular Hbond substituents is 2. The summed E-state index contributed by atoms with van der Waals surface area (Å²) in [5.74, 6) is 0.791. The number of aromatic hydroxyl groups is 2. The van der Waals surface area contributed by atoms with Crippen molar-refractivity contribution in [3.8, 4) is 23.0 Å². The molecule has 0 bridgehead atoms. The fourth-order valence-corrected chi connectivity index (χ4v) is 4.76. The molecular weight excluding hydrogens is 452 g/mol. The standard InChI is InChI=1S/C28H27F2NO4/c1-17-24-12-21(33)5-8-26(24)35-28(27(17)19-3-2-4-20(32)11-19)23-7-6-22(13-25(23)30)34-10-9-31-15-18(14-29)16-31/h2-8,11-13,18,28,32-33H,9-10,14-16H2,1H3. The van der Waals surface area contributed by atoms with Crippen molar-refractivity contribution in [1.82, 2.24) is 4.90 Å². The summed E-state index contributed by atoms with van der Waals surface area (Å²) < 4.78 is 40.0. The van der Waals surface area contributed by atoms with E-state index in [2.05, 4.69) is 4.90 Å². The van der Waals surface area contributed by atoms with E-state index in [-0.39, 0.29) is 24.1 Å². The summed E-state index contributed by atoms with van der Waals surface area (Å²) in [4.78, 5) is 2.11. The fourth-order valence-electron chi connectivity index (χ4n) is 4.76. The van der Waals surface area contributed by atoms with Crippen LogP contribution in [0.4, 0.5) is 8.78 Å². The average Bonchev–Trinajstić information content (AvgIpc) is 2.81. The van der Waals surface area contributed by atoms with E-state index >= 15 is 4.39 Å². The van der Waals surface area contributed by atoms with Gasteiger partial charge < -0.3 is 19.7 Å². The summed E-state index contributed by atoms with van der Waals surface area (Å²) in [7, 11) is 0. The van der Waals surface area contributed by atoms with Gasteiger partial charge in [0.25, 0.3) is 0 Å². The van der Waals surface area contributed by atoms with E-state index in [4.69, 9.17) is 9.47 Å². The molecule has 3 aromatic rings. The second kappa shape index (κ2) is 9.58. The monoisotopic (exact) mass is 479 g/mol. The number of alkyl halides is 1. The molecule has 3 aromatic carbocycles. The minimum Gasteiger partial charge on any atom is -0.508 e. The Kier molecular flexibility index (Phi) is 6.34. The Bertz CT molecular complexity index is 1270. The van der Waals surface area contributed by atoms with Crippen LogP contribution in [0.15, 0.2) is 60.7 Å². The highest BCUT2D eigenvalue weighted by molar-refractivity contribution is 5.95. The highest BCUT2D eigenvalue weighted by Gasteiger charge is 2.32. The summed E-state index contributed by atoms with van der Waals surface area (Å²) in [5, 5.41) is 20.1. The van der Waals surface area contributed by atoms with Gasteiger partial charge in [0.05, 0.1) is 6.67 Å². The number of hydrogen-bond acceptors (Lipinski definition) is 5. The Balaban J connectivity index is 1.42. The Morgan fingerprint density at radius 2 is 1.83 bits per heavy atom. The summed E-state index contributed by atoms with van der Waals surface area (Å²) in [6, 6.07) is 16.3. The van der Waals surface area contributed by atoms with Gasteiger partial charge in [0.1, 0.15) is 35.4 Å². The molecule has 0 saturated carbocycles. The molecular formula is C28H27F2NO4. The molecule has 2 aliphatic rings. The Morgan fingerprint density at radius 1 is 1.03 bits per heavy atom. The van der Waals surface area contributed by atoms with Crippen LogP contribution >= 0.6 is 0 Å². The van der Waals surface area contributed by atoms with Gasteiger partial charge in [-0.15, -0.1) is 0 Å². The summed E-state index contributed by atoms with van der Waals surface area (Å²) in [6.45, 7) is 4.12. The number of halogens is 2. The average molecular weight is 480 g/mol. The first-order valence-electron chi connectivity index (χ1n) is 11.6. The molecule has 1 atom stereocenters. The van der Waals surface area contributed by atoms with Crippen LogP contribution in [0.3, 0.4) is 0 Å². The molecule has 7 heteroatoms.